The Morgan fingerprint density at radius 2 is 1.55 bits per heavy atom. The van der Waals surface area contributed by atoms with E-state index in [1.165, 1.54) is 0 Å². The van der Waals surface area contributed by atoms with Crippen LogP contribution in [0.4, 0.5) is 0 Å². The summed E-state index contributed by atoms with van der Waals surface area (Å²) in [7, 11) is 0. The van der Waals surface area contributed by atoms with Crippen molar-refractivity contribution in [2.24, 2.45) is 0 Å². The van der Waals surface area contributed by atoms with Gasteiger partial charge in [0.05, 0.1) is 13.2 Å². The second kappa shape index (κ2) is 9.46. The smallest absolute Gasteiger partial charge is 0.127 e. The van der Waals surface area contributed by atoms with Crippen LogP contribution >= 0.6 is 0 Å². The van der Waals surface area contributed by atoms with E-state index in [4.69, 9.17) is 9.47 Å². The number of hydrogen-bond acceptors (Lipinski definition) is 2. The molecule has 0 aliphatic rings. The summed E-state index contributed by atoms with van der Waals surface area (Å²) < 4.78 is 11.7. The largest absolute Gasteiger partial charge is 0.493 e. The van der Waals surface area contributed by atoms with Gasteiger partial charge in [-0.1, -0.05) is 38.8 Å². The monoisotopic (exact) mass is 276 g/mol. The van der Waals surface area contributed by atoms with E-state index in [1.807, 2.05) is 13.0 Å². The van der Waals surface area contributed by atoms with E-state index in [-0.39, 0.29) is 0 Å². The van der Waals surface area contributed by atoms with Gasteiger partial charge in [0.1, 0.15) is 11.5 Å². The second-order valence-electron chi connectivity index (χ2n) is 5.06. The number of aryl methyl sites for hydroxylation is 1. The third kappa shape index (κ3) is 5.28. The zero-order valence-corrected chi connectivity index (χ0v) is 13.4. The fraction of sp³-hybridized carbons (Fsp3) is 0.556. The summed E-state index contributed by atoms with van der Waals surface area (Å²) in [6.45, 7) is 10.00. The maximum Gasteiger partial charge on any atom is 0.127 e. The first-order valence-corrected chi connectivity index (χ1v) is 7.75. The molecule has 0 atom stereocenters. The third-order valence-electron chi connectivity index (χ3n) is 3.16. The molecule has 1 rings (SSSR count). The van der Waals surface area contributed by atoms with Crippen LogP contribution in [0.3, 0.4) is 0 Å². The lowest BCUT2D eigenvalue weighted by molar-refractivity contribution is 0.299. The maximum absolute atomic E-state index is 5.88. The Morgan fingerprint density at radius 3 is 2.10 bits per heavy atom. The van der Waals surface area contributed by atoms with Crippen LogP contribution in [0.1, 0.15) is 57.6 Å². The summed E-state index contributed by atoms with van der Waals surface area (Å²) in [4.78, 5) is 0. The SMILES string of the molecule is CC=Cc1cc(OCCCC)c(C)cc1OCCCC. The number of hydrogen-bond donors (Lipinski definition) is 0. The topological polar surface area (TPSA) is 18.5 Å². The van der Waals surface area contributed by atoms with E-state index in [0.717, 1.165) is 61.5 Å². The molecule has 0 spiro atoms. The van der Waals surface area contributed by atoms with Crippen molar-refractivity contribution in [1.29, 1.82) is 0 Å². The van der Waals surface area contributed by atoms with Crippen LogP contribution in [0.15, 0.2) is 18.2 Å². The zero-order valence-electron chi connectivity index (χ0n) is 13.4. The van der Waals surface area contributed by atoms with Gasteiger partial charge in [0.25, 0.3) is 0 Å². The Balaban J connectivity index is 2.86. The predicted molar refractivity (Wildman–Crippen MR) is 86.7 cm³/mol. The first kappa shape index (κ1) is 16.6. The van der Waals surface area contributed by atoms with Crippen molar-refractivity contribution >= 4 is 6.08 Å². The summed E-state index contributed by atoms with van der Waals surface area (Å²) in [5, 5.41) is 0. The van der Waals surface area contributed by atoms with Gasteiger partial charge < -0.3 is 9.47 Å². The Bertz CT molecular complexity index is 422. The lowest BCUT2D eigenvalue weighted by Gasteiger charge is -2.14. The van der Waals surface area contributed by atoms with Crippen molar-refractivity contribution < 1.29 is 9.47 Å². The number of allylic oxidation sites excluding steroid dienone is 1. The van der Waals surface area contributed by atoms with Crippen molar-refractivity contribution in [3.8, 4) is 11.5 Å². The Hall–Kier alpha value is -1.44. The quantitative estimate of drug-likeness (QED) is 0.563. The molecule has 0 heterocycles. The minimum absolute atomic E-state index is 0.774. The molecule has 1 aromatic rings. The van der Waals surface area contributed by atoms with Gasteiger partial charge in [0.2, 0.25) is 0 Å². The zero-order chi connectivity index (χ0) is 14.8. The Labute approximate surface area is 123 Å². The third-order valence-corrected chi connectivity index (χ3v) is 3.16. The minimum atomic E-state index is 0.774. The Kier molecular flexibility index (Phi) is 7.86. The van der Waals surface area contributed by atoms with E-state index in [0.29, 0.717) is 0 Å². The molecular weight excluding hydrogens is 248 g/mol. The fourth-order valence-electron chi connectivity index (χ4n) is 1.92. The van der Waals surface area contributed by atoms with Crippen molar-refractivity contribution in [3.63, 3.8) is 0 Å². The number of ether oxygens (including phenoxy) is 2. The minimum Gasteiger partial charge on any atom is -0.493 e. The molecule has 2 heteroatoms. The molecule has 0 saturated heterocycles. The van der Waals surface area contributed by atoms with E-state index >= 15 is 0 Å². The average molecular weight is 276 g/mol. The molecule has 0 unspecified atom stereocenters. The van der Waals surface area contributed by atoms with Crippen LogP contribution in [-0.4, -0.2) is 13.2 Å². The molecule has 0 N–H and O–H groups in total. The average Bonchev–Trinajstić information content (AvgIpc) is 2.43. The van der Waals surface area contributed by atoms with Crippen LogP contribution in [0.25, 0.3) is 6.08 Å². The summed E-state index contributed by atoms with van der Waals surface area (Å²) in [5.41, 5.74) is 2.24. The normalized spacial score (nSPS) is 11.0. The molecular formula is C18H28O2. The number of benzene rings is 1. The van der Waals surface area contributed by atoms with Gasteiger partial charge in [0, 0.05) is 5.56 Å². The molecule has 0 bridgehead atoms. The van der Waals surface area contributed by atoms with E-state index in [2.05, 4.69) is 39.0 Å². The Morgan fingerprint density at radius 1 is 0.950 bits per heavy atom. The van der Waals surface area contributed by atoms with Crippen LogP contribution in [0.5, 0.6) is 11.5 Å². The lowest BCUT2D eigenvalue weighted by atomic mass is 10.1. The molecule has 1 aromatic carbocycles. The molecule has 0 saturated carbocycles. The lowest BCUT2D eigenvalue weighted by Crippen LogP contribution is -2.02. The van der Waals surface area contributed by atoms with Gasteiger partial charge in [0.15, 0.2) is 0 Å². The maximum atomic E-state index is 5.88. The van der Waals surface area contributed by atoms with Crippen molar-refractivity contribution in [2.75, 3.05) is 13.2 Å². The number of unbranched alkanes of at least 4 members (excludes halogenated alkanes) is 2. The van der Waals surface area contributed by atoms with Crippen molar-refractivity contribution in [3.05, 3.63) is 29.3 Å². The highest BCUT2D eigenvalue weighted by Crippen LogP contribution is 2.30. The van der Waals surface area contributed by atoms with E-state index in [1.54, 1.807) is 0 Å². The predicted octanol–water partition coefficient (Wildman–Crippen LogP) is 5.39. The molecule has 0 amide bonds. The summed E-state index contributed by atoms with van der Waals surface area (Å²) >= 11 is 0. The van der Waals surface area contributed by atoms with Gasteiger partial charge in [-0.2, -0.15) is 0 Å². The van der Waals surface area contributed by atoms with Gasteiger partial charge in [-0.25, -0.2) is 0 Å². The van der Waals surface area contributed by atoms with Crippen LogP contribution in [0.2, 0.25) is 0 Å². The number of rotatable bonds is 9. The van der Waals surface area contributed by atoms with Crippen molar-refractivity contribution in [1.82, 2.24) is 0 Å². The molecule has 0 fully saturated rings. The van der Waals surface area contributed by atoms with Crippen molar-refractivity contribution in [2.45, 2.75) is 53.4 Å². The van der Waals surface area contributed by atoms with Crippen LogP contribution in [-0.2, 0) is 0 Å². The van der Waals surface area contributed by atoms with Gasteiger partial charge in [-0.05, 0) is 44.4 Å². The molecule has 2 nitrogen and oxygen atoms in total. The van der Waals surface area contributed by atoms with Gasteiger partial charge in [-0.3, -0.25) is 0 Å². The molecule has 0 aliphatic heterocycles. The summed E-state index contributed by atoms with van der Waals surface area (Å²) in [6.07, 6.45) is 8.59. The van der Waals surface area contributed by atoms with Gasteiger partial charge in [-0.15, -0.1) is 0 Å². The highest BCUT2D eigenvalue weighted by Gasteiger charge is 2.08. The highest BCUT2D eigenvalue weighted by atomic mass is 16.5. The van der Waals surface area contributed by atoms with E-state index < -0.39 is 0 Å². The standard InChI is InChI=1S/C18H28O2/c1-5-8-11-19-17-14-16(10-7-3)18(13-15(17)4)20-12-9-6-2/h7,10,13-14H,5-6,8-9,11-12H2,1-4H3. The summed E-state index contributed by atoms with van der Waals surface area (Å²) in [6, 6.07) is 4.18. The first-order chi connectivity index (χ1) is 9.72. The molecule has 0 aromatic heterocycles. The van der Waals surface area contributed by atoms with E-state index in [9.17, 15) is 0 Å². The summed E-state index contributed by atoms with van der Waals surface area (Å²) in [5.74, 6) is 1.92. The molecule has 0 aliphatic carbocycles. The fourth-order valence-corrected chi connectivity index (χ4v) is 1.92. The molecule has 0 radical (unpaired) electrons. The van der Waals surface area contributed by atoms with Gasteiger partial charge >= 0.3 is 0 Å². The first-order valence-electron chi connectivity index (χ1n) is 7.75. The second-order valence-corrected chi connectivity index (χ2v) is 5.06. The molecule has 112 valence electrons. The van der Waals surface area contributed by atoms with Crippen LogP contribution in [0, 0.1) is 6.92 Å². The highest BCUT2D eigenvalue weighted by molar-refractivity contribution is 5.61. The molecule has 20 heavy (non-hydrogen) atoms. The van der Waals surface area contributed by atoms with Crippen LogP contribution < -0.4 is 9.47 Å².